The molecule has 0 aliphatic carbocycles. The van der Waals surface area contributed by atoms with Gasteiger partial charge in [0, 0.05) is 5.69 Å². The van der Waals surface area contributed by atoms with Crippen LogP contribution in [0.2, 0.25) is 0 Å². The molecule has 0 spiro atoms. The average Bonchev–Trinajstić information content (AvgIpc) is 3.07. The second-order valence-corrected chi connectivity index (χ2v) is 6.36. The highest BCUT2D eigenvalue weighted by Gasteiger charge is 2.11. The van der Waals surface area contributed by atoms with E-state index in [9.17, 15) is 0 Å². The highest BCUT2D eigenvalue weighted by Crippen LogP contribution is 2.24. The monoisotopic (exact) mass is 406 g/mol. The molecule has 3 rings (SSSR count). The first-order valence-corrected chi connectivity index (χ1v) is 8.28. The first kappa shape index (κ1) is 16.6. The summed E-state index contributed by atoms with van der Waals surface area (Å²) in [5.74, 6) is 1.27. The number of nitrogens with zero attached hydrogens (tertiary/aromatic N) is 5. The summed E-state index contributed by atoms with van der Waals surface area (Å²) in [4.78, 5) is 0. The Balaban J connectivity index is 1.99. The van der Waals surface area contributed by atoms with E-state index in [4.69, 9.17) is 17.0 Å². The van der Waals surface area contributed by atoms with Gasteiger partial charge in [0.25, 0.3) is 5.95 Å². The lowest BCUT2D eigenvalue weighted by molar-refractivity contribution is 0.412. The number of H-pyrrole nitrogens is 1. The van der Waals surface area contributed by atoms with E-state index in [0.717, 1.165) is 27.2 Å². The molecule has 124 valence electrons. The van der Waals surface area contributed by atoms with Crippen molar-refractivity contribution in [3.8, 4) is 11.7 Å². The second kappa shape index (κ2) is 6.70. The number of halogens is 1. The minimum Gasteiger partial charge on any atom is -0.496 e. The summed E-state index contributed by atoms with van der Waals surface area (Å²) < 4.78 is 9.69. The summed E-state index contributed by atoms with van der Waals surface area (Å²) in [5.41, 5.74) is 2.74. The summed E-state index contributed by atoms with van der Waals surface area (Å²) in [6, 6.07) is 7.64. The number of methoxy groups -OCH3 is 1. The summed E-state index contributed by atoms with van der Waals surface area (Å²) in [5, 5.41) is 15.8. The van der Waals surface area contributed by atoms with Crippen molar-refractivity contribution in [2.75, 3.05) is 7.11 Å². The van der Waals surface area contributed by atoms with E-state index in [0.29, 0.717) is 10.7 Å². The van der Waals surface area contributed by atoms with Crippen molar-refractivity contribution in [1.82, 2.24) is 24.7 Å². The molecular weight excluding hydrogens is 392 g/mol. The highest BCUT2D eigenvalue weighted by atomic mass is 79.9. The molecule has 0 fully saturated rings. The van der Waals surface area contributed by atoms with Crippen molar-refractivity contribution in [2.45, 2.75) is 13.8 Å². The van der Waals surface area contributed by atoms with Gasteiger partial charge < -0.3 is 4.74 Å². The lowest BCUT2D eigenvalue weighted by atomic mass is 10.2. The Morgan fingerprint density at radius 3 is 2.75 bits per heavy atom. The van der Waals surface area contributed by atoms with Crippen LogP contribution in [0.15, 0.2) is 33.8 Å². The van der Waals surface area contributed by atoms with Gasteiger partial charge in [-0.1, -0.05) is 0 Å². The fourth-order valence-electron chi connectivity index (χ4n) is 2.24. The number of aryl methyl sites for hydroxylation is 2. The Hall–Kier alpha value is -2.26. The van der Waals surface area contributed by atoms with Crippen LogP contribution in [0.1, 0.15) is 17.0 Å². The molecule has 0 atom stereocenters. The topological polar surface area (TPSA) is 73.0 Å². The van der Waals surface area contributed by atoms with Gasteiger partial charge in [0.1, 0.15) is 5.75 Å². The number of hydrogen-bond acceptors (Lipinski definition) is 5. The quantitative estimate of drug-likeness (QED) is 0.532. The SMILES string of the molecule is COc1ccc(/C=N\n2c(-n3nc(C)cc3C)n[nH]c2=S)cc1Br. The standard InChI is InChI=1S/C15H15BrN6OS/c1-9-6-10(2)21(20-9)14-18-19-15(24)22(14)17-8-11-4-5-13(23-3)12(16)7-11/h4-8H,1-3H3,(H,19,24)/b17-8-. The van der Waals surface area contributed by atoms with Crippen LogP contribution in [0.25, 0.3) is 5.95 Å². The second-order valence-electron chi connectivity index (χ2n) is 5.12. The van der Waals surface area contributed by atoms with Crippen LogP contribution in [0.3, 0.4) is 0 Å². The van der Waals surface area contributed by atoms with Crippen LogP contribution in [0.5, 0.6) is 5.75 Å². The van der Waals surface area contributed by atoms with E-state index in [1.807, 2.05) is 38.1 Å². The van der Waals surface area contributed by atoms with Crippen LogP contribution in [-0.4, -0.2) is 38.0 Å². The van der Waals surface area contributed by atoms with Crippen molar-refractivity contribution in [3.05, 3.63) is 50.5 Å². The predicted molar refractivity (Wildman–Crippen MR) is 97.7 cm³/mol. The molecule has 2 heterocycles. The summed E-state index contributed by atoms with van der Waals surface area (Å²) in [6.07, 6.45) is 1.70. The lowest BCUT2D eigenvalue weighted by Crippen LogP contribution is -2.07. The molecule has 0 saturated heterocycles. The number of nitrogens with one attached hydrogen (secondary N) is 1. The van der Waals surface area contributed by atoms with E-state index in [1.165, 1.54) is 4.68 Å². The maximum atomic E-state index is 5.26. The van der Waals surface area contributed by atoms with Crippen molar-refractivity contribution in [2.24, 2.45) is 5.10 Å². The Bertz CT molecular complexity index is 971. The zero-order valence-corrected chi connectivity index (χ0v) is 15.7. The molecule has 0 unspecified atom stereocenters. The summed E-state index contributed by atoms with van der Waals surface area (Å²) in [7, 11) is 1.62. The van der Waals surface area contributed by atoms with E-state index in [2.05, 4.69) is 36.3 Å². The molecule has 0 amide bonds. The van der Waals surface area contributed by atoms with Gasteiger partial charge in [-0.05, 0) is 71.8 Å². The highest BCUT2D eigenvalue weighted by molar-refractivity contribution is 9.10. The fraction of sp³-hybridized carbons (Fsp3) is 0.200. The number of ether oxygens (including phenoxy) is 1. The largest absolute Gasteiger partial charge is 0.496 e. The van der Waals surface area contributed by atoms with Crippen LogP contribution in [0, 0.1) is 18.6 Å². The van der Waals surface area contributed by atoms with Crippen LogP contribution in [0.4, 0.5) is 0 Å². The van der Waals surface area contributed by atoms with Gasteiger partial charge in [-0.2, -0.15) is 14.9 Å². The van der Waals surface area contributed by atoms with Crippen molar-refractivity contribution in [3.63, 3.8) is 0 Å². The average molecular weight is 407 g/mol. The molecule has 0 aliphatic heterocycles. The zero-order chi connectivity index (χ0) is 17.3. The van der Waals surface area contributed by atoms with Gasteiger partial charge in [-0.3, -0.25) is 0 Å². The van der Waals surface area contributed by atoms with Gasteiger partial charge in [0.15, 0.2) is 0 Å². The minimum absolute atomic E-state index is 0.390. The molecule has 9 heteroatoms. The first-order chi connectivity index (χ1) is 11.5. The molecule has 1 aromatic carbocycles. The van der Waals surface area contributed by atoms with Crippen LogP contribution in [-0.2, 0) is 0 Å². The molecule has 2 aromatic heterocycles. The smallest absolute Gasteiger partial charge is 0.271 e. The van der Waals surface area contributed by atoms with Gasteiger partial charge in [0.05, 0.1) is 23.5 Å². The maximum absolute atomic E-state index is 5.26. The summed E-state index contributed by atoms with van der Waals surface area (Å²) >= 11 is 8.72. The lowest BCUT2D eigenvalue weighted by Gasteiger charge is -2.04. The van der Waals surface area contributed by atoms with Gasteiger partial charge in [0.2, 0.25) is 4.77 Å². The third-order valence-electron chi connectivity index (χ3n) is 3.33. The third kappa shape index (κ3) is 3.17. The number of hydrogen-bond donors (Lipinski definition) is 1. The van der Waals surface area contributed by atoms with Crippen LogP contribution < -0.4 is 4.74 Å². The van der Waals surface area contributed by atoms with Crippen molar-refractivity contribution >= 4 is 34.4 Å². The van der Waals surface area contributed by atoms with Crippen LogP contribution >= 0.6 is 28.1 Å². The predicted octanol–water partition coefficient (Wildman–Crippen LogP) is 3.40. The number of rotatable bonds is 4. The minimum atomic E-state index is 0.390. The van der Waals surface area contributed by atoms with Gasteiger partial charge in [-0.15, -0.1) is 5.10 Å². The summed E-state index contributed by atoms with van der Waals surface area (Å²) in [6.45, 7) is 3.87. The fourth-order valence-corrected chi connectivity index (χ4v) is 2.98. The molecule has 1 N–H and O–H groups in total. The normalized spacial score (nSPS) is 11.3. The Morgan fingerprint density at radius 1 is 1.33 bits per heavy atom. The van der Waals surface area contributed by atoms with E-state index in [1.54, 1.807) is 18.0 Å². The Labute approximate surface area is 152 Å². The van der Waals surface area contributed by atoms with Gasteiger partial charge in [-0.25, -0.2) is 9.78 Å². The number of aromatic amines is 1. The molecule has 7 nitrogen and oxygen atoms in total. The Kier molecular flexibility index (Phi) is 4.63. The Morgan fingerprint density at radius 2 is 2.12 bits per heavy atom. The molecule has 0 saturated carbocycles. The van der Waals surface area contributed by atoms with Crippen molar-refractivity contribution in [1.29, 1.82) is 0 Å². The molecule has 0 aliphatic rings. The van der Waals surface area contributed by atoms with E-state index < -0.39 is 0 Å². The molecule has 0 radical (unpaired) electrons. The number of benzene rings is 1. The molecule has 0 bridgehead atoms. The number of aromatic nitrogens is 5. The first-order valence-electron chi connectivity index (χ1n) is 7.08. The van der Waals surface area contributed by atoms with Crippen molar-refractivity contribution < 1.29 is 4.74 Å². The maximum Gasteiger partial charge on any atom is 0.271 e. The van der Waals surface area contributed by atoms with E-state index >= 15 is 0 Å². The third-order valence-corrected chi connectivity index (χ3v) is 4.21. The van der Waals surface area contributed by atoms with Gasteiger partial charge >= 0.3 is 0 Å². The molecule has 3 aromatic rings. The molecular formula is C15H15BrN6OS. The molecule has 24 heavy (non-hydrogen) atoms. The zero-order valence-electron chi connectivity index (χ0n) is 13.3. The van der Waals surface area contributed by atoms with E-state index in [-0.39, 0.29) is 0 Å².